The van der Waals surface area contributed by atoms with Gasteiger partial charge in [-0.1, -0.05) is 5.92 Å². The van der Waals surface area contributed by atoms with Gasteiger partial charge in [-0.05, 0) is 35.7 Å². The third-order valence-corrected chi connectivity index (χ3v) is 2.81. The number of nitrogens with zero attached hydrogens (tertiary/aromatic N) is 2. The van der Waals surface area contributed by atoms with Crippen LogP contribution in [-0.4, -0.2) is 9.78 Å². The van der Waals surface area contributed by atoms with Gasteiger partial charge in [0.15, 0.2) is 0 Å². The molecular weight excluding hydrogens is 228 g/mol. The van der Waals surface area contributed by atoms with Gasteiger partial charge < -0.3 is 0 Å². The van der Waals surface area contributed by atoms with Gasteiger partial charge in [0.2, 0.25) is 0 Å². The fourth-order valence-corrected chi connectivity index (χ4v) is 2.03. The van der Waals surface area contributed by atoms with Gasteiger partial charge in [-0.3, -0.25) is 4.68 Å². The summed E-state index contributed by atoms with van der Waals surface area (Å²) in [7, 11) is 0. The second kappa shape index (κ2) is 3.55. The minimum atomic E-state index is 0.716. The van der Waals surface area contributed by atoms with E-state index in [4.69, 9.17) is 0 Å². The second-order valence-electron chi connectivity index (χ2n) is 3.24. The summed E-state index contributed by atoms with van der Waals surface area (Å²) in [5.41, 5.74) is 1.32. The number of halogens is 1. The highest BCUT2D eigenvalue weighted by Gasteiger charge is 2.29. The van der Waals surface area contributed by atoms with Crippen LogP contribution in [-0.2, 0) is 6.54 Å². The lowest BCUT2D eigenvalue weighted by Gasteiger charge is -2.01. The summed E-state index contributed by atoms with van der Waals surface area (Å²) in [4.78, 5) is 0. The van der Waals surface area contributed by atoms with Crippen LogP contribution < -0.4 is 0 Å². The van der Waals surface area contributed by atoms with E-state index in [0.717, 1.165) is 10.4 Å². The standard InChI is InChI=1S/C10H11BrN2/c1-2-3-6-13-10(8-4-5-8)9(11)7-12-13/h7-8H,4-6H2,1H3. The molecule has 0 atom stereocenters. The van der Waals surface area contributed by atoms with Crippen molar-refractivity contribution in [1.29, 1.82) is 0 Å². The Hall–Kier alpha value is -0.750. The van der Waals surface area contributed by atoms with Crippen LogP contribution in [0.1, 0.15) is 31.4 Å². The van der Waals surface area contributed by atoms with E-state index < -0.39 is 0 Å². The molecule has 1 heterocycles. The van der Waals surface area contributed by atoms with Crippen LogP contribution in [0.15, 0.2) is 10.7 Å². The van der Waals surface area contributed by atoms with E-state index in [1.54, 1.807) is 0 Å². The molecule has 1 saturated carbocycles. The quantitative estimate of drug-likeness (QED) is 0.725. The molecule has 0 saturated heterocycles. The van der Waals surface area contributed by atoms with Crippen LogP contribution in [0.25, 0.3) is 0 Å². The van der Waals surface area contributed by atoms with Gasteiger partial charge in [-0.25, -0.2) is 0 Å². The van der Waals surface area contributed by atoms with Crippen molar-refractivity contribution in [1.82, 2.24) is 9.78 Å². The van der Waals surface area contributed by atoms with Crippen molar-refractivity contribution >= 4 is 15.9 Å². The fraction of sp³-hybridized carbons (Fsp3) is 0.500. The summed E-state index contributed by atoms with van der Waals surface area (Å²) >= 11 is 3.52. The Labute approximate surface area is 86.5 Å². The van der Waals surface area contributed by atoms with Crippen molar-refractivity contribution in [2.75, 3.05) is 0 Å². The third kappa shape index (κ3) is 1.78. The molecule has 0 unspecified atom stereocenters. The van der Waals surface area contributed by atoms with Crippen LogP contribution >= 0.6 is 15.9 Å². The van der Waals surface area contributed by atoms with Crippen molar-refractivity contribution in [3.63, 3.8) is 0 Å². The van der Waals surface area contributed by atoms with Gasteiger partial charge in [0.1, 0.15) is 6.54 Å². The van der Waals surface area contributed by atoms with E-state index in [2.05, 4.69) is 32.9 Å². The van der Waals surface area contributed by atoms with Gasteiger partial charge in [0.05, 0.1) is 16.4 Å². The lowest BCUT2D eigenvalue weighted by atomic mass is 10.3. The van der Waals surface area contributed by atoms with Crippen LogP contribution in [0.2, 0.25) is 0 Å². The Kier molecular flexibility index (Phi) is 2.41. The van der Waals surface area contributed by atoms with E-state index in [-0.39, 0.29) is 0 Å². The van der Waals surface area contributed by atoms with Crippen molar-refractivity contribution in [3.05, 3.63) is 16.4 Å². The smallest absolute Gasteiger partial charge is 0.102 e. The van der Waals surface area contributed by atoms with Gasteiger partial charge in [0.25, 0.3) is 0 Å². The molecule has 0 amide bonds. The Morgan fingerprint density at radius 2 is 2.46 bits per heavy atom. The van der Waals surface area contributed by atoms with Crippen LogP contribution in [0.4, 0.5) is 0 Å². The Morgan fingerprint density at radius 1 is 1.69 bits per heavy atom. The van der Waals surface area contributed by atoms with Crippen LogP contribution in [0.5, 0.6) is 0 Å². The summed E-state index contributed by atoms with van der Waals surface area (Å²) in [6, 6.07) is 0. The zero-order valence-electron chi connectivity index (χ0n) is 7.55. The number of hydrogen-bond acceptors (Lipinski definition) is 1. The van der Waals surface area contributed by atoms with Crippen LogP contribution in [0.3, 0.4) is 0 Å². The highest BCUT2D eigenvalue weighted by molar-refractivity contribution is 9.10. The minimum Gasteiger partial charge on any atom is -0.256 e. The first-order chi connectivity index (χ1) is 6.33. The maximum Gasteiger partial charge on any atom is 0.102 e. The number of hydrogen-bond donors (Lipinski definition) is 0. The maximum absolute atomic E-state index is 4.28. The van der Waals surface area contributed by atoms with Gasteiger partial charge in [0, 0.05) is 5.92 Å². The van der Waals surface area contributed by atoms with Crippen molar-refractivity contribution < 1.29 is 0 Å². The third-order valence-electron chi connectivity index (χ3n) is 2.20. The highest BCUT2D eigenvalue weighted by Crippen LogP contribution is 2.43. The Balaban J connectivity index is 2.26. The first kappa shape index (κ1) is 8.83. The molecular formula is C10H11BrN2. The molecule has 0 aromatic carbocycles. The van der Waals surface area contributed by atoms with E-state index in [1.165, 1.54) is 18.5 Å². The predicted molar refractivity (Wildman–Crippen MR) is 55.4 cm³/mol. The van der Waals surface area contributed by atoms with E-state index in [0.29, 0.717) is 6.54 Å². The molecule has 3 heteroatoms. The maximum atomic E-state index is 4.28. The Morgan fingerprint density at radius 3 is 3.08 bits per heavy atom. The molecule has 1 aliphatic rings. The van der Waals surface area contributed by atoms with Crippen molar-refractivity contribution in [3.8, 4) is 11.8 Å². The molecule has 2 rings (SSSR count). The molecule has 2 nitrogen and oxygen atoms in total. The lowest BCUT2D eigenvalue weighted by molar-refractivity contribution is 0.669. The summed E-state index contributed by atoms with van der Waals surface area (Å²) in [5.74, 6) is 6.63. The number of aromatic nitrogens is 2. The van der Waals surface area contributed by atoms with Crippen molar-refractivity contribution in [2.45, 2.75) is 32.2 Å². The average molecular weight is 239 g/mol. The van der Waals surface area contributed by atoms with E-state index in [9.17, 15) is 0 Å². The molecule has 0 spiro atoms. The predicted octanol–water partition coefficient (Wildman–Crippen LogP) is 2.55. The molecule has 1 aliphatic carbocycles. The summed E-state index contributed by atoms with van der Waals surface area (Å²) < 4.78 is 3.13. The molecule has 13 heavy (non-hydrogen) atoms. The van der Waals surface area contributed by atoms with Gasteiger partial charge in [-0.15, -0.1) is 5.92 Å². The molecule has 1 aromatic heterocycles. The first-order valence-corrected chi connectivity index (χ1v) is 5.23. The molecule has 1 fully saturated rings. The average Bonchev–Trinajstić information content (AvgIpc) is 2.88. The SMILES string of the molecule is CC#CCn1ncc(Br)c1C1CC1. The van der Waals surface area contributed by atoms with Gasteiger partial charge >= 0.3 is 0 Å². The molecule has 0 bridgehead atoms. The fourth-order valence-electron chi connectivity index (χ4n) is 1.41. The molecule has 68 valence electrons. The highest BCUT2D eigenvalue weighted by atomic mass is 79.9. The summed E-state index contributed by atoms with van der Waals surface area (Å²) in [5, 5.41) is 4.28. The topological polar surface area (TPSA) is 17.8 Å². The first-order valence-electron chi connectivity index (χ1n) is 4.43. The molecule has 1 aromatic rings. The largest absolute Gasteiger partial charge is 0.256 e. The summed E-state index contributed by atoms with van der Waals surface area (Å²) in [6.07, 6.45) is 4.46. The molecule has 0 aliphatic heterocycles. The monoisotopic (exact) mass is 238 g/mol. The normalized spacial score (nSPS) is 15.2. The zero-order valence-corrected chi connectivity index (χ0v) is 9.13. The van der Waals surface area contributed by atoms with E-state index in [1.807, 2.05) is 17.8 Å². The van der Waals surface area contributed by atoms with E-state index >= 15 is 0 Å². The van der Waals surface area contributed by atoms with Crippen LogP contribution in [0, 0.1) is 11.8 Å². The molecule has 0 N–H and O–H groups in total. The zero-order chi connectivity index (χ0) is 9.26. The Bertz CT molecular complexity index is 366. The van der Waals surface area contributed by atoms with Crippen molar-refractivity contribution in [2.24, 2.45) is 0 Å². The number of rotatable bonds is 2. The van der Waals surface area contributed by atoms with Gasteiger partial charge in [-0.2, -0.15) is 5.10 Å². The lowest BCUT2D eigenvalue weighted by Crippen LogP contribution is -2.02. The molecule has 0 radical (unpaired) electrons. The minimum absolute atomic E-state index is 0.716. The second-order valence-corrected chi connectivity index (χ2v) is 4.09. The summed E-state index contributed by atoms with van der Waals surface area (Å²) in [6.45, 7) is 2.57.